The number of fused-ring (bicyclic) bond motifs is 2. The van der Waals surface area contributed by atoms with Crippen LogP contribution in [0.3, 0.4) is 0 Å². The molecule has 2 aromatic heterocycles. The summed E-state index contributed by atoms with van der Waals surface area (Å²) in [5.74, 6) is 0.356. The van der Waals surface area contributed by atoms with Gasteiger partial charge >= 0.3 is 5.69 Å². The number of pyridine rings is 1. The molecule has 0 aliphatic carbocycles. The van der Waals surface area contributed by atoms with Crippen molar-refractivity contribution in [1.82, 2.24) is 15.0 Å². The molecule has 8 nitrogen and oxygen atoms in total. The van der Waals surface area contributed by atoms with Crippen LogP contribution in [0.15, 0.2) is 85.3 Å². The molecule has 0 aliphatic rings. The summed E-state index contributed by atoms with van der Waals surface area (Å²) in [5, 5.41) is 18.3. The molecule has 0 bridgehead atoms. The highest BCUT2D eigenvalue weighted by atomic mass is 16.6. The molecule has 0 saturated carbocycles. The first-order valence-electron chi connectivity index (χ1n) is 10.5. The Labute approximate surface area is 189 Å². The first kappa shape index (κ1) is 20.3. The van der Waals surface area contributed by atoms with E-state index < -0.39 is 4.92 Å². The lowest BCUT2D eigenvalue weighted by molar-refractivity contribution is -0.383. The van der Waals surface area contributed by atoms with Gasteiger partial charge in [0.2, 0.25) is 11.6 Å². The molecule has 0 unspecified atom stereocenters. The summed E-state index contributed by atoms with van der Waals surface area (Å²) in [6, 6.07) is 23.2. The van der Waals surface area contributed by atoms with E-state index in [1.54, 1.807) is 6.20 Å². The Morgan fingerprint density at radius 3 is 2.55 bits per heavy atom. The molecule has 162 valence electrons. The quantitative estimate of drug-likeness (QED) is 0.258. The smallest absolute Gasteiger partial charge is 0.334 e. The highest BCUT2D eigenvalue weighted by molar-refractivity contribution is 5.98. The van der Waals surface area contributed by atoms with E-state index in [4.69, 9.17) is 0 Å². The maximum absolute atomic E-state index is 12.3. The number of hydrogen-bond acceptors (Lipinski definition) is 7. The van der Waals surface area contributed by atoms with Crippen LogP contribution in [0.2, 0.25) is 0 Å². The standard InChI is InChI=1S/C25H20N6O2/c1-2-30(22-14-5-9-17-8-3-4-10-18(17)22)25-23(31(32)33)24(27-16-28-25)29-21-13-6-12-20-19(21)11-7-15-26-20/h3-16H,2H2,1H3,(H,27,28,29). The van der Waals surface area contributed by atoms with Crippen LogP contribution in [0.25, 0.3) is 21.7 Å². The third-order valence-electron chi connectivity index (χ3n) is 5.51. The van der Waals surface area contributed by atoms with Crippen LogP contribution in [0.4, 0.5) is 28.7 Å². The molecule has 5 aromatic rings. The topological polar surface area (TPSA) is 97.1 Å². The van der Waals surface area contributed by atoms with Gasteiger partial charge in [0.1, 0.15) is 6.33 Å². The minimum Gasteiger partial charge on any atom is -0.334 e. The largest absolute Gasteiger partial charge is 0.354 e. The monoisotopic (exact) mass is 436 g/mol. The minimum atomic E-state index is -0.436. The lowest BCUT2D eigenvalue weighted by Gasteiger charge is -2.24. The lowest BCUT2D eigenvalue weighted by atomic mass is 10.1. The van der Waals surface area contributed by atoms with Crippen molar-refractivity contribution in [2.24, 2.45) is 0 Å². The van der Waals surface area contributed by atoms with Crippen molar-refractivity contribution in [1.29, 1.82) is 0 Å². The number of nitrogens with one attached hydrogen (secondary N) is 1. The average Bonchev–Trinajstić information content (AvgIpc) is 2.85. The predicted octanol–water partition coefficient (Wildman–Crippen LogP) is 5.99. The Morgan fingerprint density at radius 1 is 0.909 bits per heavy atom. The fraction of sp³-hybridized carbons (Fsp3) is 0.0800. The molecule has 0 spiro atoms. The molecule has 0 saturated heterocycles. The Kier molecular flexibility index (Phi) is 5.24. The summed E-state index contributed by atoms with van der Waals surface area (Å²) in [6.07, 6.45) is 3.06. The molecule has 0 atom stereocenters. The van der Waals surface area contributed by atoms with Crippen LogP contribution < -0.4 is 10.2 Å². The predicted molar refractivity (Wildman–Crippen MR) is 130 cm³/mol. The van der Waals surface area contributed by atoms with Crippen LogP contribution in [0.5, 0.6) is 0 Å². The summed E-state index contributed by atoms with van der Waals surface area (Å²) in [5.41, 5.74) is 2.12. The highest BCUT2D eigenvalue weighted by Gasteiger charge is 2.28. The van der Waals surface area contributed by atoms with Gasteiger partial charge in [-0.3, -0.25) is 15.1 Å². The van der Waals surface area contributed by atoms with Crippen molar-refractivity contribution in [3.8, 4) is 0 Å². The van der Waals surface area contributed by atoms with E-state index in [1.807, 2.05) is 84.6 Å². The number of nitro groups is 1. The van der Waals surface area contributed by atoms with Crippen molar-refractivity contribution in [2.75, 3.05) is 16.8 Å². The van der Waals surface area contributed by atoms with Gasteiger partial charge < -0.3 is 10.2 Å². The Balaban J connectivity index is 1.66. The van der Waals surface area contributed by atoms with Gasteiger partial charge in [0, 0.05) is 29.2 Å². The molecular weight excluding hydrogens is 416 g/mol. The van der Waals surface area contributed by atoms with Crippen LogP contribution in [0, 0.1) is 10.1 Å². The zero-order chi connectivity index (χ0) is 22.8. The van der Waals surface area contributed by atoms with Gasteiger partial charge in [-0.15, -0.1) is 0 Å². The molecule has 1 N–H and O–H groups in total. The number of nitrogens with zero attached hydrogens (tertiary/aromatic N) is 5. The molecule has 33 heavy (non-hydrogen) atoms. The van der Waals surface area contributed by atoms with Gasteiger partial charge in [0.15, 0.2) is 0 Å². The van der Waals surface area contributed by atoms with Crippen molar-refractivity contribution >= 4 is 50.4 Å². The van der Waals surface area contributed by atoms with E-state index in [9.17, 15) is 10.1 Å². The molecule has 0 fully saturated rings. The van der Waals surface area contributed by atoms with E-state index in [0.29, 0.717) is 12.2 Å². The second-order valence-electron chi connectivity index (χ2n) is 7.39. The normalized spacial score (nSPS) is 10.9. The number of aromatic nitrogens is 3. The molecule has 2 heterocycles. The number of benzene rings is 3. The minimum absolute atomic E-state index is 0.125. The second-order valence-corrected chi connectivity index (χ2v) is 7.39. The number of rotatable bonds is 6. The Hall–Kier alpha value is -4.59. The summed E-state index contributed by atoms with van der Waals surface area (Å²) < 4.78 is 0. The molecule has 0 radical (unpaired) electrons. The summed E-state index contributed by atoms with van der Waals surface area (Å²) in [7, 11) is 0. The van der Waals surface area contributed by atoms with Gasteiger partial charge in [-0.05, 0) is 42.6 Å². The second kappa shape index (κ2) is 8.51. The van der Waals surface area contributed by atoms with E-state index >= 15 is 0 Å². The van der Waals surface area contributed by atoms with Crippen molar-refractivity contribution < 1.29 is 4.92 Å². The van der Waals surface area contributed by atoms with Gasteiger partial charge in [0.25, 0.3) is 0 Å². The number of hydrogen-bond donors (Lipinski definition) is 1. The Bertz CT molecular complexity index is 1480. The fourth-order valence-electron chi connectivity index (χ4n) is 4.04. The zero-order valence-corrected chi connectivity index (χ0v) is 17.8. The van der Waals surface area contributed by atoms with Crippen molar-refractivity contribution in [2.45, 2.75) is 6.92 Å². The van der Waals surface area contributed by atoms with Crippen LogP contribution in [0.1, 0.15) is 6.92 Å². The van der Waals surface area contributed by atoms with E-state index in [2.05, 4.69) is 20.3 Å². The van der Waals surface area contributed by atoms with E-state index in [1.165, 1.54) is 6.33 Å². The third-order valence-corrected chi connectivity index (χ3v) is 5.51. The zero-order valence-electron chi connectivity index (χ0n) is 17.8. The summed E-state index contributed by atoms with van der Waals surface area (Å²) in [4.78, 5) is 26.6. The van der Waals surface area contributed by atoms with Gasteiger partial charge in [0.05, 0.1) is 16.1 Å². The van der Waals surface area contributed by atoms with E-state index in [0.717, 1.165) is 27.4 Å². The fourth-order valence-corrected chi connectivity index (χ4v) is 4.04. The van der Waals surface area contributed by atoms with Gasteiger partial charge in [-0.1, -0.05) is 42.5 Å². The number of anilines is 4. The average molecular weight is 436 g/mol. The maximum atomic E-state index is 12.3. The molecule has 3 aromatic carbocycles. The SMILES string of the molecule is CCN(c1ncnc(Nc2cccc3ncccc23)c1[N+](=O)[O-])c1cccc2ccccc12. The van der Waals surface area contributed by atoms with Crippen LogP contribution in [-0.4, -0.2) is 26.4 Å². The van der Waals surface area contributed by atoms with Gasteiger partial charge in [-0.25, -0.2) is 9.97 Å². The van der Waals surface area contributed by atoms with Crippen molar-refractivity contribution in [3.63, 3.8) is 0 Å². The summed E-state index contributed by atoms with van der Waals surface area (Å²) in [6.45, 7) is 2.43. The van der Waals surface area contributed by atoms with Crippen LogP contribution in [-0.2, 0) is 0 Å². The third kappa shape index (κ3) is 3.67. The Morgan fingerprint density at radius 2 is 1.70 bits per heavy atom. The molecule has 5 rings (SSSR count). The molecule has 0 aliphatic heterocycles. The van der Waals surface area contributed by atoms with Gasteiger partial charge in [-0.2, -0.15) is 0 Å². The molecule has 8 heteroatoms. The first-order chi connectivity index (χ1) is 16.2. The van der Waals surface area contributed by atoms with E-state index in [-0.39, 0.29) is 17.3 Å². The molecule has 0 amide bonds. The lowest BCUT2D eigenvalue weighted by Crippen LogP contribution is -2.20. The summed E-state index contributed by atoms with van der Waals surface area (Å²) >= 11 is 0. The van der Waals surface area contributed by atoms with Crippen LogP contribution >= 0.6 is 0 Å². The first-order valence-corrected chi connectivity index (χ1v) is 10.5. The highest BCUT2D eigenvalue weighted by Crippen LogP contribution is 2.39. The van der Waals surface area contributed by atoms with Crippen molar-refractivity contribution in [3.05, 3.63) is 95.4 Å². The maximum Gasteiger partial charge on any atom is 0.354 e. The molecular formula is C25H20N6O2.